The molecule has 5 nitrogen and oxygen atoms in total. The fraction of sp³-hybridized carbons (Fsp3) is 0.385. The Kier molecular flexibility index (Phi) is 4.39. The number of anilines is 1. The van der Waals surface area contributed by atoms with Gasteiger partial charge in [0, 0.05) is 5.56 Å². The summed E-state index contributed by atoms with van der Waals surface area (Å²) in [5.41, 5.74) is 5.93. The van der Waals surface area contributed by atoms with E-state index in [-0.39, 0.29) is 11.9 Å². The molecule has 0 spiro atoms. The Bertz CT molecular complexity index is 499. The van der Waals surface area contributed by atoms with Crippen LogP contribution in [0, 0.1) is 0 Å². The van der Waals surface area contributed by atoms with Crippen molar-refractivity contribution in [2.45, 2.75) is 25.3 Å². The smallest absolute Gasteiger partial charge is 0.248 e. The van der Waals surface area contributed by atoms with Crippen molar-refractivity contribution in [3.05, 3.63) is 28.8 Å². The lowest BCUT2D eigenvalue weighted by Gasteiger charge is -2.22. The van der Waals surface area contributed by atoms with Crippen molar-refractivity contribution >= 4 is 29.1 Å². The van der Waals surface area contributed by atoms with Gasteiger partial charge in [-0.1, -0.05) is 18.0 Å². The Hall–Kier alpha value is -1.59. The second-order valence-electron chi connectivity index (χ2n) is 4.55. The molecule has 2 amide bonds. The average molecular weight is 282 g/mol. The summed E-state index contributed by atoms with van der Waals surface area (Å²) in [6.07, 6.45) is 2.92. The van der Waals surface area contributed by atoms with Crippen LogP contribution in [0.1, 0.15) is 29.6 Å². The minimum Gasteiger partial charge on any atom is -0.366 e. The first-order valence-corrected chi connectivity index (χ1v) is 6.59. The zero-order valence-corrected chi connectivity index (χ0v) is 11.2. The van der Waals surface area contributed by atoms with Gasteiger partial charge < -0.3 is 16.4 Å². The summed E-state index contributed by atoms with van der Waals surface area (Å²) < 4.78 is 0. The molecule has 19 heavy (non-hydrogen) atoms. The van der Waals surface area contributed by atoms with Gasteiger partial charge in [0.2, 0.25) is 11.8 Å². The summed E-state index contributed by atoms with van der Waals surface area (Å²) in [6, 6.07) is 4.36. The molecule has 102 valence electrons. The first kappa shape index (κ1) is 13.8. The van der Waals surface area contributed by atoms with Crippen LogP contribution in [0.15, 0.2) is 18.2 Å². The fourth-order valence-electron chi connectivity index (χ4n) is 2.07. The van der Waals surface area contributed by atoms with Gasteiger partial charge in [-0.3, -0.25) is 9.59 Å². The Morgan fingerprint density at radius 3 is 2.79 bits per heavy atom. The maximum absolute atomic E-state index is 12.1. The van der Waals surface area contributed by atoms with Gasteiger partial charge in [-0.05, 0) is 37.6 Å². The average Bonchev–Trinajstić information content (AvgIpc) is 2.42. The molecular formula is C13H16ClN3O2. The molecular weight excluding hydrogens is 266 g/mol. The number of benzene rings is 1. The maximum Gasteiger partial charge on any atom is 0.248 e. The number of nitrogens with two attached hydrogens (primary N) is 1. The normalized spacial score (nSPS) is 18.9. The quantitative estimate of drug-likeness (QED) is 0.785. The number of carbonyl (C=O) groups is 2. The molecule has 1 aromatic carbocycles. The van der Waals surface area contributed by atoms with Crippen molar-refractivity contribution in [2.75, 3.05) is 11.9 Å². The van der Waals surface area contributed by atoms with Gasteiger partial charge in [-0.25, -0.2) is 0 Å². The van der Waals surface area contributed by atoms with E-state index in [9.17, 15) is 9.59 Å². The molecule has 1 saturated heterocycles. The van der Waals surface area contributed by atoms with Crippen molar-refractivity contribution in [2.24, 2.45) is 5.73 Å². The molecule has 1 aromatic rings. The molecule has 1 aliphatic heterocycles. The Labute approximate surface area is 116 Å². The lowest BCUT2D eigenvalue weighted by molar-refractivity contribution is -0.118. The zero-order valence-electron chi connectivity index (χ0n) is 10.4. The number of carbonyl (C=O) groups excluding carboxylic acids is 2. The molecule has 0 saturated carbocycles. The number of hydrogen-bond acceptors (Lipinski definition) is 3. The minimum atomic E-state index is -0.553. The number of piperidine rings is 1. The SMILES string of the molecule is NC(=O)c1ccc(Cl)c(NC(=O)C2CCCCN2)c1. The van der Waals surface area contributed by atoms with E-state index >= 15 is 0 Å². The maximum atomic E-state index is 12.1. The second-order valence-corrected chi connectivity index (χ2v) is 4.96. The molecule has 0 radical (unpaired) electrons. The summed E-state index contributed by atoms with van der Waals surface area (Å²) in [5.74, 6) is -0.689. The first-order chi connectivity index (χ1) is 9.08. The van der Waals surface area contributed by atoms with Crippen molar-refractivity contribution in [3.8, 4) is 0 Å². The molecule has 0 aliphatic carbocycles. The third-order valence-electron chi connectivity index (χ3n) is 3.14. The van der Waals surface area contributed by atoms with Crippen LogP contribution >= 0.6 is 11.6 Å². The molecule has 6 heteroatoms. The molecule has 1 fully saturated rings. The topological polar surface area (TPSA) is 84.2 Å². The highest BCUT2D eigenvalue weighted by Crippen LogP contribution is 2.23. The van der Waals surface area contributed by atoms with E-state index in [0.29, 0.717) is 16.3 Å². The number of hydrogen-bond donors (Lipinski definition) is 3. The van der Waals surface area contributed by atoms with E-state index < -0.39 is 5.91 Å². The Balaban J connectivity index is 2.11. The van der Waals surface area contributed by atoms with E-state index in [4.69, 9.17) is 17.3 Å². The van der Waals surface area contributed by atoms with Crippen molar-refractivity contribution in [1.82, 2.24) is 5.32 Å². The molecule has 1 atom stereocenters. The van der Waals surface area contributed by atoms with E-state index in [0.717, 1.165) is 25.8 Å². The van der Waals surface area contributed by atoms with Crippen molar-refractivity contribution < 1.29 is 9.59 Å². The predicted octanol–water partition coefficient (Wildman–Crippen LogP) is 1.52. The number of nitrogens with one attached hydrogen (secondary N) is 2. The highest BCUT2D eigenvalue weighted by Gasteiger charge is 2.21. The van der Waals surface area contributed by atoms with Gasteiger partial charge in [0.25, 0.3) is 0 Å². The molecule has 4 N–H and O–H groups in total. The number of halogens is 1. The zero-order chi connectivity index (χ0) is 13.8. The molecule has 0 bridgehead atoms. The van der Waals surface area contributed by atoms with Crippen LogP contribution in [-0.2, 0) is 4.79 Å². The molecule has 0 aromatic heterocycles. The summed E-state index contributed by atoms with van der Waals surface area (Å²) in [4.78, 5) is 23.2. The van der Waals surface area contributed by atoms with Crippen molar-refractivity contribution in [3.63, 3.8) is 0 Å². The highest BCUT2D eigenvalue weighted by atomic mass is 35.5. The van der Waals surface area contributed by atoms with Crippen LogP contribution in [-0.4, -0.2) is 24.4 Å². The Morgan fingerprint density at radius 2 is 2.16 bits per heavy atom. The number of rotatable bonds is 3. The summed E-state index contributed by atoms with van der Waals surface area (Å²) in [7, 11) is 0. The number of amides is 2. The van der Waals surface area contributed by atoms with Crippen LogP contribution in [0.4, 0.5) is 5.69 Å². The predicted molar refractivity (Wildman–Crippen MR) is 74.2 cm³/mol. The highest BCUT2D eigenvalue weighted by molar-refractivity contribution is 6.34. The number of primary amides is 1. The molecule has 1 unspecified atom stereocenters. The van der Waals surface area contributed by atoms with Gasteiger partial charge in [0.15, 0.2) is 0 Å². The van der Waals surface area contributed by atoms with Gasteiger partial charge in [0.1, 0.15) is 0 Å². The lowest BCUT2D eigenvalue weighted by Crippen LogP contribution is -2.43. The van der Waals surface area contributed by atoms with Gasteiger partial charge in [-0.15, -0.1) is 0 Å². The molecule has 1 heterocycles. The monoisotopic (exact) mass is 281 g/mol. The second kappa shape index (κ2) is 6.04. The summed E-state index contributed by atoms with van der Waals surface area (Å²) >= 11 is 6.00. The summed E-state index contributed by atoms with van der Waals surface area (Å²) in [6.45, 7) is 0.840. The van der Waals surface area contributed by atoms with Crippen LogP contribution < -0.4 is 16.4 Å². The molecule has 2 rings (SSSR count). The van der Waals surface area contributed by atoms with Crippen LogP contribution in [0.2, 0.25) is 5.02 Å². The van der Waals surface area contributed by atoms with Crippen LogP contribution in [0.3, 0.4) is 0 Å². The van der Waals surface area contributed by atoms with E-state index in [1.54, 1.807) is 6.07 Å². The molecule has 1 aliphatic rings. The van der Waals surface area contributed by atoms with Crippen LogP contribution in [0.5, 0.6) is 0 Å². The van der Waals surface area contributed by atoms with E-state index in [2.05, 4.69) is 10.6 Å². The van der Waals surface area contributed by atoms with E-state index in [1.165, 1.54) is 12.1 Å². The lowest BCUT2D eigenvalue weighted by atomic mass is 10.0. The first-order valence-electron chi connectivity index (χ1n) is 6.21. The third kappa shape index (κ3) is 3.45. The van der Waals surface area contributed by atoms with Crippen molar-refractivity contribution in [1.29, 1.82) is 0 Å². The summed E-state index contributed by atoms with van der Waals surface area (Å²) in [5, 5.41) is 6.27. The van der Waals surface area contributed by atoms with Crippen LogP contribution in [0.25, 0.3) is 0 Å². The minimum absolute atomic E-state index is 0.136. The third-order valence-corrected chi connectivity index (χ3v) is 3.47. The van der Waals surface area contributed by atoms with Gasteiger partial charge >= 0.3 is 0 Å². The fourth-order valence-corrected chi connectivity index (χ4v) is 2.23. The Morgan fingerprint density at radius 1 is 1.37 bits per heavy atom. The van der Waals surface area contributed by atoms with Gasteiger partial charge in [-0.2, -0.15) is 0 Å². The van der Waals surface area contributed by atoms with Gasteiger partial charge in [0.05, 0.1) is 16.8 Å². The largest absolute Gasteiger partial charge is 0.366 e. The standard InChI is InChI=1S/C13H16ClN3O2/c14-9-5-4-8(12(15)18)7-11(9)17-13(19)10-3-1-2-6-16-10/h4-5,7,10,16H,1-3,6H2,(H2,15,18)(H,17,19). The van der Waals surface area contributed by atoms with E-state index in [1.807, 2.05) is 0 Å².